The van der Waals surface area contributed by atoms with Gasteiger partial charge in [-0.15, -0.1) is 0 Å². The van der Waals surface area contributed by atoms with Crippen LogP contribution in [-0.2, 0) is 6.42 Å². The van der Waals surface area contributed by atoms with E-state index in [-0.39, 0.29) is 0 Å². The molecule has 0 aliphatic heterocycles. The fourth-order valence-electron chi connectivity index (χ4n) is 2.08. The van der Waals surface area contributed by atoms with Gasteiger partial charge in [0.2, 0.25) is 0 Å². The number of hydrogen-bond donors (Lipinski definition) is 0. The minimum atomic E-state index is 0.331. The van der Waals surface area contributed by atoms with Crippen molar-refractivity contribution in [1.82, 2.24) is 0 Å². The van der Waals surface area contributed by atoms with Crippen LogP contribution >= 0.6 is 54.5 Å². The lowest BCUT2D eigenvalue weighted by Crippen LogP contribution is -1.99. The monoisotopic (exact) mass is 492 g/mol. The van der Waals surface area contributed by atoms with Crippen molar-refractivity contribution >= 4 is 54.5 Å². The van der Waals surface area contributed by atoms with Crippen molar-refractivity contribution in [1.29, 1.82) is 0 Å². The Hall–Kier alpha value is 0.130. The maximum Gasteiger partial charge on any atom is 0.0447 e. The molecule has 2 rings (SSSR count). The van der Waals surface area contributed by atoms with Crippen molar-refractivity contribution in [3.63, 3.8) is 0 Å². The zero-order valence-corrected chi connectivity index (χ0v) is 16.2. The van der Waals surface area contributed by atoms with E-state index in [1.165, 1.54) is 30.3 Å². The average molecular weight is 494 g/mol. The molecule has 0 saturated carbocycles. The SMILES string of the molecule is Cc1ccc(C)c(CC(Br)c2cc(I)ccc2Br)c1. The van der Waals surface area contributed by atoms with Gasteiger partial charge in [0, 0.05) is 12.9 Å². The summed E-state index contributed by atoms with van der Waals surface area (Å²) in [5.74, 6) is 0. The molecule has 100 valence electrons. The highest BCUT2D eigenvalue weighted by atomic mass is 127. The van der Waals surface area contributed by atoms with Crippen LogP contribution in [0.1, 0.15) is 27.1 Å². The number of hydrogen-bond acceptors (Lipinski definition) is 0. The van der Waals surface area contributed by atoms with Crippen molar-refractivity contribution < 1.29 is 0 Å². The third-order valence-electron chi connectivity index (χ3n) is 3.20. The zero-order chi connectivity index (χ0) is 14.0. The van der Waals surface area contributed by atoms with Gasteiger partial charge in [0.25, 0.3) is 0 Å². The van der Waals surface area contributed by atoms with Gasteiger partial charge in [0.15, 0.2) is 0 Å². The molecule has 0 heterocycles. The van der Waals surface area contributed by atoms with E-state index in [0.717, 1.165) is 6.42 Å². The normalized spacial score (nSPS) is 12.5. The average Bonchev–Trinajstić information content (AvgIpc) is 2.36. The summed E-state index contributed by atoms with van der Waals surface area (Å²) in [6.07, 6.45) is 1.01. The summed E-state index contributed by atoms with van der Waals surface area (Å²) < 4.78 is 2.43. The van der Waals surface area contributed by atoms with Gasteiger partial charge in [-0.3, -0.25) is 0 Å². The van der Waals surface area contributed by atoms with Gasteiger partial charge in [-0.05, 0) is 77.7 Å². The summed E-state index contributed by atoms with van der Waals surface area (Å²) in [4.78, 5) is 0.331. The maximum absolute atomic E-state index is 3.83. The van der Waals surface area contributed by atoms with Crippen LogP contribution in [0.25, 0.3) is 0 Å². The summed E-state index contributed by atoms with van der Waals surface area (Å²) in [5, 5.41) is 0. The second-order valence-corrected chi connectivity index (χ2v) is 7.97. The largest absolute Gasteiger partial charge is 0.0835 e. The number of rotatable bonds is 3. The van der Waals surface area contributed by atoms with E-state index in [4.69, 9.17) is 0 Å². The van der Waals surface area contributed by atoms with Crippen molar-refractivity contribution in [2.24, 2.45) is 0 Å². The van der Waals surface area contributed by atoms with Crippen molar-refractivity contribution in [3.8, 4) is 0 Å². The lowest BCUT2D eigenvalue weighted by molar-refractivity contribution is 0.930. The predicted octanol–water partition coefficient (Wildman–Crippen LogP) is 6.35. The van der Waals surface area contributed by atoms with Gasteiger partial charge in [-0.1, -0.05) is 55.6 Å². The molecule has 0 aliphatic rings. The first-order chi connectivity index (χ1) is 8.97. The van der Waals surface area contributed by atoms with Gasteiger partial charge in [-0.25, -0.2) is 0 Å². The molecule has 0 amide bonds. The van der Waals surface area contributed by atoms with Crippen LogP contribution in [-0.4, -0.2) is 0 Å². The number of benzene rings is 2. The highest BCUT2D eigenvalue weighted by Gasteiger charge is 2.13. The first-order valence-electron chi connectivity index (χ1n) is 6.12. The van der Waals surface area contributed by atoms with E-state index in [1.54, 1.807) is 0 Å². The van der Waals surface area contributed by atoms with Gasteiger partial charge in [0.1, 0.15) is 0 Å². The fraction of sp³-hybridized carbons (Fsp3) is 0.250. The molecule has 19 heavy (non-hydrogen) atoms. The molecule has 0 aliphatic carbocycles. The minimum absolute atomic E-state index is 0.331. The topological polar surface area (TPSA) is 0 Å². The third kappa shape index (κ3) is 4.05. The Morgan fingerprint density at radius 2 is 1.84 bits per heavy atom. The van der Waals surface area contributed by atoms with Crippen molar-refractivity contribution in [3.05, 3.63) is 66.7 Å². The van der Waals surface area contributed by atoms with E-state index in [0.29, 0.717) is 4.83 Å². The van der Waals surface area contributed by atoms with Crippen molar-refractivity contribution in [2.75, 3.05) is 0 Å². The summed E-state index contributed by atoms with van der Waals surface area (Å²) >= 11 is 9.83. The highest BCUT2D eigenvalue weighted by molar-refractivity contribution is 14.1. The predicted molar refractivity (Wildman–Crippen MR) is 98.1 cm³/mol. The lowest BCUT2D eigenvalue weighted by atomic mass is 9.99. The van der Waals surface area contributed by atoms with Crippen LogP contribution in [0, 0.1) is 17.4 Å². The smallest absolute Gasteiger partial charge is 0.0447 e. The van der Waals surface area contributed by atoms with Gasteiger partial charge < -0.3 is 0 Å². The molecule has 0 nitrogen and oxygen atoms in total. The fourth-order valence-corrected chi connectivity index (χ4v) is 4.15. The molecule has 0 saturated heterocycles. The second kappa shape index (κ2) is 6.72. The number of alkyl halides is 1. The second-order valence-electron chi connectivity index (χ2n) is 4.77. The van der Waals surface area contributed by atoms with E-state index in [9.17, 15) is 0 Å². The standard InChI is InChI=1S/C16H15Br2I/c1-10-3-4-11(2)12(7-10)8-16(18)14-9-13(19)5-6-15(14)17/h3-7,9,16H,8H2,1-2H3. The molecule has 2 aromatic rings. The Bertz CT molecular complexity index is 593. The highest BCUT2D eigenvalue weighted by Crippen LogP contribution is 2.34. The quantitative estimate of drug-likeness (QED) is 0.345. The molecule has 1 unspecified atom stereocenters. The number of aryl methyl sites for hydroxylation is 2. The molecule has 0 radical (unpaired) electrons. The van der Waals surface area contributed by atoms with Gasteiger partial charge in [0.05, 0.1) is 0 Å². The Balaban J connectivity index is 2.27. The lowest BCUT2D eigenvalue weighted by Gasteiger charge is -2.15. The summed E-state index contributed by atoms with van der Waals surface area (Å²) in [6, 6.07) is 13.1. The summed E-state index contributed by atoms with van der Waals surface area (Å²) in [7, 11) is 0. The van der Waals surface area contributed by atoms with Crippen molar-refractivity contribution in [2.45, 2.75) is 25.1 Å². The molecular weight excluding hydrogens is 479 g/mol. The Labute approximate surface area is 145 Å². The zero-order valence-electron chi connectivity index (χ0n) is 10.9. The maximum atomic E-state index is 3.83. The van der Waals surface area contributed by atoms with Crippen LogP contribution < -0.4 is 0 Å². The van der Waals surface area contributed by atoms with E-state index >= 15 is 0 Å². The molecule has 2 aromatic carbocycles. The molecular formula is C16H15Br2I. The van der Waals surface area contributed by atoms with Crippen LogP contribution in [0.4, 0.5) is 0 Å². The Morgan fingerprint density at radius 3 is 2.58 bits per heavy atom. The Morgan fingerprint density at radius 1 is 1.11 bits per heavy atom. The van der Waals surface area contributed by atoms with Crippen LogP contribution in [0.2, 0.25) is 0 Å². The molecule has 3 heteroatoms. The summed E-state index contributed by atoms with van der Waals surface area (Å²) in [5.41, 5.74) is 5.40. The minimum Gasteiger partial charge on any atom is -0.0835 e. The van der Waals surface area contributed by atoms with E-state index < -0.39 is 0 Å². The van der Waals surface area contributed by atoms with Gasteiger partial charge >= 0.3 is 0 Å². The molecule has 0 N–H and O–H groups in total. The Kier molecular flexibility index (Phi) is 5.49. The van der Waals surface area contributed by atoms with E-state index in [2.05, 4.69) is 105 Å². The molecule has 0 bridgehead atoms. The van der Waals surface area contributed by atoms with Gasteiger partial charge in [-0.2, -0.15) is 0 Å². The molecule has 0 fully saturated rings. The van der Waals surface area contributed by atoms with Crippen LogP contribution in [0.15, 0.2) is 40.9 Å². The molecule has 0 aromatic heterocycles. The third-order valence-corrected chi connectivity index (χ3v) is 5.41. The number of halogens is 3. The summed E-state index contributed by atoms with van der Waals surface area (Å²) in [6.45, 7) is 4.33. The van der Waals surface area contributed by atoms with E-state index in [1.807, 2.05) is 0 Å². The first kappa shape index (κ1) is 15.5. The molecule has 0 spiro atoms. The molecule has 1 atom stereocenters. The van der Waals surface area contributed by atoms with Crippen LogP contribution in [0.3, 0.4) is 0 Å². The first-order valence-corrected chi connectivity index (χ1v) is 8.91. The van der Waals surface area contributed by atoms with Crippen LogP contribution in [0.5, 0.6) is 0 Å².